The topological polar surface area (TPSA) is 97.1 Å². The first kappa shape index (κ1) is 10.5. The average molecular weight is 244 g/mol. The normalized spacial score (nSPS) is 18.6. The molecule has 1 aliphatic heterocycles. The summed E-state index contributed by atoms with van der Waals surface area (Å²) in [7, 11) is 0. The predicted octanol–water partition coefficient (Wildman–Crippen LogP) is 0.617. The van der Waals surface area contributed by atoms with Crippen molar-refractivity contribution in [2.45, 2.75) is 6.04 Å². The molecule has 0 aromatic carbocycles. The number of aromatic nitrogens is 2. The lowest BCUT2D eigenvalue weighted by Crippen LogP contribution is -2.22. The van der Waals surface area contributed by atoms with Gasteiger partial charge in [0, 0.05) is 24.0 Å². The summed E-state index contributed by atoms with van der Waals surface area (Å²) in [5, 5.41) is 8.41. The minimum Gasteiger partial charge on any atom is -0.358 e. The van der Waals surface area contributed by atoms with Crippen LogP contribution in [0.25, 0.3) is 11.3 Å². The Kier molecular flexibility index (Phi) is 2.30. The molecule has 0 aliphatic carbocycles. The fraction of sp³-hybridized carbons (Fsp3) is 0.0909. The summed E-state index contributed by atoms with van der Waals surface area (Å²) in [6, 6.07) is 3.84. The van der Waals surface area contributed by atoms with E-state index in [0.717, 1.165) is 5.56 Å². The van der Waals surface area contributed by atoms with Crippen molar-refractivity contribution < 1.29 is 14.1 Å². The number of carbonyl (C=O) groups is 2. The highest BCUT2D eigenvalue weighted by atomic mass is 16.5. The first-order valence-electron chi connectivity index (χ1n) is 5.22. The van der Waals surface area contributed by atoms with Gasteiger partial charge in [0.2, 0.25) is 0 Å². The third kappa shape index (κ3) is 1.71. The number of amides is 3. The van der Waals surface area contributed by atoms with E-state index in [4.69, 9.17) is 4.52 Å². The maximum atomic E-state index is 11.4. The van der Waals surface area contributed by atoms with E-state index >= 15 is 0 Å². The minimum atomic E-state index is -0.824. The summed E-state index contributed by atoms with van der Waals surface area (Å²) in [5.41, 5.74) is 1.34. The molecule has 18 heavy (non-hydrogen) atoms. The predicted molar refractivity (Wildman–Crippen MR) is 59.1 cm³/mol. The Morgan fingerprint density at radius 1 is 1.33 bits per heavy atom. The van der Waals surface area contributed by atoms with E-state index in [9.17, 15) is 9.59 Å². The lowest BCUT2D eigenvalue weighted by molar-refractivity contribution is -0.120. The molecule has 3 rings (SSSR count). The molecule has 1 saturated heterocycles. The molecule has 7 heteroatoms. The minimum absolute atomic E-state index is 0.289. The van der Waals surface area contributed by atoms with Gasteiger partial charge in [-0.2, -0.15) is 0 Å². The van der Waals surface area contributed by atoms with Crippen molar-refractivity contribution in [3.8, 4) is 11.3 Å². The summed E-state index contributed by atoms with van der Waals surface area (Å²) in [6.45, 7) is 0. The van der Waals surface area contributed by atoms with Crippen LogP contribution in [0.4, 0.5) is 4.79 Å². The third-order valence-electron chi connectivity index (χ3n) is 2.54. The molecule has 2 aromatic rings. The molecule has 0 unspecified atom stereocenters. The van der Waals surface area contributed by atoms with Gasteiger partial charge in [-0.1, -0.05) is 5.16 Å². The molecule has 7 nitrogen and oxygen atoms in total. The number of urea groups is 1. The van der Waals surface area contributed by atoms with E-state index in [2.05, 4.69) is 20.8 Å². The van der Waals surface area contributed by atoms with E-state index in [-0.39, 0.29) is 5.76 Å². The molecule has 1 aliphatic rings. The fourth-order valence-electron chi connectivity index (χ4n) is 1.69. The zero-order chi connectivity index (χ0) is 12.5. The van der Waals surface area contributed by atoms with Crippen LogP contribution in [-0.4, -0.2) is 22.1 Å². The van der Waals surface area contributed by atoms with Gasteiger partial charge in [0.1, 0.15) is 5.69 Å². The Balaban J connectivity index is 1.91. The van der Waals surface area contributed by atoms with Gasteiger partial charge in [0.15, 0.2) is 11.8 Å². The van der Waals surface area contributed by atoms with Crippen molar-refractivity contribution in [1.29, 1.82) is 0 Å². The molecule has 3 heterocycles. The van der Waals surface area contributed by atoms with E-state index in [1.807, 2.05) is 6.07 Å². The van der Waals surface area contributed by atoms with Crippen molar-refractivity contribution in [1.82, 2.24) is 20.8 Å². The number of pyridine rings is 1. The second kappa shape index (κ2) is 3.95. The highest BCUT2D eigenvalue weighted by Gasteiger charge is 2.34. The third-order valence-corrected chi connectivity index (χ3v) is 2.54. The van der Waals surface area contributed by atoms with Crippen LogP contribution in [0.3, 0.4) is 0 Å². The van der Waals surface area contributed by atoms with Crippen LogP contribution in [0.1, 0.15) is 11.8 Å². The Bertz CT molecular complexity index is 608. The van der Waals surface area contributed by atoms with Gasteiger partial charge < -0.3 is 9.84 Å². The molecule has 0 bridgehead atoms. The Morgan fingerprint density at radius 2 is 2.22 bits per heavy atom. The summed E-state index contributed by atoms with van der Waals surface area (Å²) in [4.78, 5) is 26.4. The molecule has 3 amide bonds. The number of rotatable bonds is 2. The van der Waals surface area contributed by atoms with Crippen molar-refractivity contribution in [3.63, 3.8) is 0 Å². The summed E-state index contributed by atoms with van der Waals surface area (Å²) >= 11 is 0. The van der Waals surface area contributed by atoms with Crippen LogP contribution in [0.5, 0.6) is 0 Å². The molecule has 0 saturated carbocycles. The first-order valence-corrected chi connectivity index (χ1v) is 5.22. The molecule has 2 N–H and O–H groups in total. The van der Waals surface area contributed by atoms with Gasteiger partial charge >= 0.3 is 6.03 Å². The quantitative estimate of drug-likeness (QED) is 0.754. The smallest absolute Gasteiger partial charge is 0.322 e. The molecule has 0 spiro atoms. The van der Waals surface area contributed by atoms with E-state index in [0.29, 0.717) is 5.69 Å². The second-order valence-corrected chi connectivity index (χ2v) is 3.75. The maximum Gasteiger partial charge on any atom is 0.322 e. The molecular formula is C11H8N4O3. The van der Waals surface area contributed by atoms with Crippen LogP contribution in [-0.2, 0) is 4.79 Å². The van der Waals surface area contributed by atoms with Crippen LogP contribution >= 0.6 is 0 Å². The number of carbonyl (C=O) groups excluding carboxylic acids is 2. The first-order chi connectivity index (χ1) is 8.74. The standard InChI is InChI=1S/C11H8N4O3/c16-10-9(13-11(17)14-10)8-4-7(15-18-8)6-2-1-3-12-5-6/h1-5,9H,(H2,13,14,16,17)/t9-/m0/s1. The van der Waals surface area contributed by atoms with Crippen LogP contribution in [0.2, 0.25) is 0 Å². The van der Waals surface area contributed by atoms with Gasteiger partial charge in [-0.25, -0.2) is 4.79 Å². The van der Waals surface area contributed by atoms with E-state index in [1.54, 1.807) is 24.5 Å². The van der Waals surface area contributed by atoms with Gasteiger partial charge in [0.25, 0.3) is 5.91 Å². The van der Waals surface area contributed by atoms with Gasteiger partial charge in [-0.3, -0.25) is 15.1 Å². The molecule has 0 radical (unpaired) electrons. The van der Waals surface area contributed by atoms with Crippen LogP contribution in [0, 0.1) is 0 Å². The van der Waals surface area contributed by atoms with Crippen LogP contribution in [0.15, 0.2) is 35.1 Å². The highest BCUT2D eigenvalue weighted by Crippen LogP contribution is 2.23. The summed E-state index contributed by atoms with van der Waals surface area (Å²) < 4.78 is 5.07. The molecule has 1 fully saturated rings. The Morgan fingerprint density at radius 3 is 2.89 bits per heavy atom. The Labute approximate surface area is 101 Å². The monoisotopic (exact) mass is 244 g/mol. The molecule has 2 aromatic heterocycles. The highest BCUT2D eigenvalue weighted by molar-refractivity contribution is 6.04. The van der Waals surface area contributed by atoms with Gasteiger partial charge in [0.05, 0.1) is 0 Å². The maximum absolute atomic E-state index is 11.4. The largest absolute Gasteiger partial charge is 0.358 e. The molecule has 90 valence electrons. The Hall–Kier alpha value is -2.70. The lowest BCUT2D eigenvalue weighted by Gasteiger charge is -1.99. The van der Waals surface area contributed by atoms with Crippen molar-refractivity contribution in [2.24, 2.45) is 0 Å². The van der Waals surface area contributed by atoms with Gasteiger partial charge in [-0.15, -0.1) is 0 Å². The lowest BCUT2D eigenvalue weighted by atomic mass is 10.1. The van der Waals surface area contributed by atoms with E-state index < -0.39 is 18.0 Å². The fourth-order valence-corrected chi connectivity index (χ4v) is 1.69. The zero-order valence-electron chi connectivity index (χ0n) is 9.08. The van der Waals surface area contributed by atoms with Gasteiger partial charge in [-0.05, 0) is 12.1 Å². The number of hydrogen-bond acceptors (Lipinski definition) is 5. The average Bonchev–Trinajstić information content (AvgIpc) is 2.97. The molecular weight excluding hydrogens is 236 g/mol. The summed E-state index contributed by atoms with van der Waals surface area (Å²) in [5.74, 6) is -0.161. The second-order valence-electron chi connectivity index (χ2n) is 3.75. The zero-order valence-corrected chi connectivity index (χ0v) is 9.08. The SMILES string of the molecule is O=C1NC(=O)[C@H](c2cc(-c3cccnc3)no2)N1. The van der Waals surface area contributed by atoms with E-state index in [1.165, 1.54) is 0 Å². The van der Waals surface area contributed by atoms with Crippen molar-refractivity contribution >= 4 is 11.9 Å². The van der Waals surface area contributed by atoms with Crippen molar-refractivity contribution in [3.05, 3.63) is 36.4 Å². The number of nitrogens with one attached hydrogen (secondary N) is 2. The number of nitrogens with zero attached hydrogens (tertiary/aromatic N) is 2. The van der Waals surface area contributed by atoms with Crippen LogP contribution < -0.4 is 10.6 Å². The molecule has 1 atom stereocenters. The summed E-state index contributed by atoms with van der Waals surface area (Å²) in [6.07, 6.45) is 3.28. The number of hydrogen-bond donors (Lipinski definition) is 2. The number of imide groups is 1. The van der Waals surface area contributed by atoms with Crippen molar-refractivity contribution in [2.75, 3.05) is 0 Å².